The van der Waals surface area contributed by atoms with Crippen molar-refractivity contribution in [3.8, 4) is 5.75 Å². The number of aromatic hydroxyl groups is 1. The summed E-state index contributed by atoms with van der Waals surface area (Å²) >= 11 is 5.72. The molecule has 3 nitrogen and oxygen atoms in total. The van der Waals surface area contributed by atoms with Crippen molar-refractivity contribution in [1.29, 1.82) is 0 Å². The largest absolute Gasteiger partial charge is 0.508 e. The molecule has 2 N–H and O–H groups in total. The zero-order valence-corrected chi connectivity index (χ0v) is 8.21. The van der Waals surface area contributed by atoms with E-state index in [0.29, 0.717) is 10.6 Å². The van der Waals surface area contributed by atoms with Crippen LogP contribution in [-0.2, 0) is 11.3 Å². The highest BCUT2D eigenvalue weighted by molar-refractivity contribution is 6.30. The third-order valence-electron chi connectivity index (χ3n) is 1.68. The molecule has 0 heterocycles. The van der Waals surface area contributed by atoms with Gasteiger partial charge in [-0.1, -0.05) is 18.2 Å². The molecular weight excluding hydrogens is 202 g/mol. The molecule has 0 atom stereocenters. The first-order valence-electron chi connectivity index (χ1n) is 4.01. The second-order valence-electron chi connectivity index (χ2n) is 2.69. The number of hydrogen-bond donors (Lipinski definition) is 2. The van der Waals surface area contributed by atoms with Gasteiger partial charge in [0.05, 0.1) is 0 Å². The molecule has 0 unspecified atom stereocenters. The fourth-order valence-electron chi connectivity index (χ4n) is 0.950. The summed E-state index contributed by atoms with van der Waals surface area (Å²) in [6, 6.07) is 4.66. The van der Waals surface area contributed by atoms with Crippen molar-refractivity contribution in [2.45, 2.75) is 6.54 Å². The molecule has 0 aliphatic rings. The monoisotopic (exact) mass is 211 g/mol. The van der Waals surface area contributed by atoms with E-state index in [4.69, 9.17) is 11.6 Å². The number of benzene rings is 1. The van der Waals surface area contributed by atoms with E-state index in [1.807, 2.05) is 0 Å². The number of amides is 1. The van der Waals surface area contributed by atoms with Gasteiger partial charge in [-0.2, -0.15) is 0 Å². The first-order chi connectivity index (χ1) is 6.63. The lowest BCUT2D eigenvalue weighted by Crippen LogP contribution is -2.19. The molecule has 0 bridgehead atoms. The molecule has 74 valence electrons. The summed E-state index contributed by atoms with van der Waals surface area (Å²) in [5, 5.41) is 12.4. The van der Waals surface area contributed by atoms with Gasteiger partial charge < -0.3 is 10.4 Å². The van der Waals surface area contributed by atoms with Gasteiger partial charge in [0.1, 0.15) is 5.75 Å². The van der Waals surface area contributed by atoms with E-state index >= 15 is 0 Å². The summed E-state index contributed by atoms with van der Waals surface area (Å²) in [7, 11) is 0. The average Bonchev–Trinajstić information content (AvgIpc) is 2.19. The molecule has 4 heteroatoms. The van der Waals surface area contributed by atoms with Gasteiger partial charge in [0.2, 0.25) is 5.91 Å². The Balaban J connectivity index is 2.71. The maximum atomic E-state index is 10.8. The predicted molar refractivity (Wildman–Crippen MR) is 55.2 cm³/mol. The van der Waals surface area contributed by atoms with Crippen LogP contribution in [0.1, 0.15) is 5.56 Å². The lowest BCUT2D eigenvalue weighted by molar-refractivity contribution is -0.116. The molecule has 0 aliphatic carbocycles. The summed E-state index contributed by atoms with van der Waals surface area (Å²) in [4.78, 5) is 10.8. The minimum absolute atomic E-state index is 0.110. The third-order valence-corrected chi connectivity index (χ3v) is 1.92. The van der Waals surface area contributed by atoms with Gasteiger partial charge in [-0.05, 0) is 24.3 Å². The summed E-state index contributed by atoms with van der Waals surface area (Å²) in [5.41, 5.74) is 0.577. The second-order valence-corrected chi connectivity index (χ2v) is 3.13. The highest BCUT2D eigenvalue weighted by Gasteiger charge is 2.02. The molecule has 1 aromatic rings. The Labute approximate surface area is 87.0 Å². The average molecular weight is 212 g/mol. The van der Waals surface area contributed by atoms with Gasteiger partial charge in [-0.15, -0.1) is 0 Å². The van der Waals surface area contributed by atoms with E-state index in [1.165, 1.54) is 12.1 Å². The molecule has 0 aliphatic heterocycles. The van der Waals surface area contributed by atoms with Crippen molar-refractivity contribution in [3.05, 3.63) is 41.4 Å². The van der Waals surface area contributed by atoms with Crippen molar-refractivity contribution in [1.82, 2.24) is 5.32 Å². The topological polar surface area (TPSA) is 49.3 Å². The quantitative estimate of drug-likeness (QED) is 0.750. The van der Waals surface area contributed by atoms with Gasteiger partial charge >= 0.3 is 0 Å². The lowest BCUT2D eigenvalue weighted by Gasteiger charge is -2.05. The van der Waals surface area contributed by atoms with Crippen LogP contribution < -0.4 is 5.32 Å². The van der Waals surface area contributed by atoms with Crippen LogP contribution in [0.25, 0.3) is 0 Å². The van der Waals surface area contributed by atoms with Crippen molar-refractivity contribution in [2.24, 2.45) is 0 Å². The molecule has 0 saturated heterocycles. The van der Waals surface area contributed by atoms with Crippen LogP contribution in [0.2, 0.25) is 5.02 Å². The second kappa shape index (κ2) is 4.67. The van der Waals surface area contributed by atoms with Crippen LogP contribution in [-0.4, -0.2) is 11.0 Å². The predicted octanol–water partition coefficient (Wildman–Crippen LogP) is 1.85. The van der Waals surface area contributed by atoms with Crippen molar-refractivity contribution >= 4 is 17.5 Å². The molecule has 0 spiro atoms. The smallest absolute Gasteiger partial charge is 0.243 e. The first kappa shape index (κ1) is 10.6. The molecule has 0 radical (unpaired) electrons. The highest BCUT2D eigenvalue weighted by atomic mass is 35.5. The molecule has 0 fully saturated rings. The third kappa shape index (κ3) is 2.78. The van der Waals surface area contributed by atoms with E-state index in [-0.39, 0.29) is 18.2 Å². The maximum Gasteiger partial charge on any atom is 0.243 e. The summed E-state index contributed by atoms with van der Waals surface area (Å²) in [5.74, 6) is -0.178. The Kier molecular flexibility index (Phi) is 3.54. The fourth-order valence-corrected chi connectivity index (χ4v) is 1.14. The van der Waals surface area contributed by atoms with Crippen LogP contribution in [0.4, 0.5) is 0 Å². The Morgan fingerprint density at radius 2 is 2.36 bits per heavy atom. The number of carbonyl (C=O) groups excluding carboxylic acids is 1. The van der Waals surface area contributed by atoms with E-state index in [0.717, 1.165) is 0 Å². The van der Waals surface area contributed by atoms with Crippen LogP contribution in [0.15, 0.2) is 30.9 Å². The van der Waals surface area contributed by atoms with Gasteiger partial charge in [0.15, 0.2) is 0 Å². The SMILES string of the molecule is C=CC(=O)NCc1cc(Cl)ccc1O. The maximum absolute atomic E-state index is 10.8. The zero-order valence-electron chi connectivity index (χ0n) is 7.46. The number of phenolic OH excluding ortho intramolecular Hbond substituents is 1. The number of carbonyl (C=O) groups is 1. The standard InChI is InChI=1S/C10H10ClNO2/c1-2-10(14)12-6-7-5-8(11)3-4-9(7)13/h2-5,13H,1,6H2,(H,12,14). The van der Waals surface area contributed by atoms with E-state index in [2.05, 4.69) is 11.9 Å². The highest BCUT2D eigenvalue weighted by Crippen LogP contribution is 2.20. The van der Waals surface area contributed by atoms with Gasteiger partial charge in [-0.3, -0.25) is 4.79 Å². The number of halogens is 1. The van der Waals surface area contributed by atoms with Crippen LogP contribution >= 0.6 is 11.6 Å². The fraction of sp³-hybridized carbons (Fsp3) is 0.100. The lowest BCUT2D eigenvalue weighted by atomic mass is 10.2. The van der Waals surface area contributed by atoms with Gasteiger partial charge in [0.25, 0.3) is 0 Å². The molecular formula is C10H10ClNO2. The Bertz CT molecular complexity index is 363. The minimum atomic E-state index is -0.288. The van der Waals surface area contributed by atoms with E-state index in [1.54, 1.807) is 12.1 Å². The molecule has 14 heavy (non-hydrogen) atoms. The molecule has 0 saturated carbocycles. The summed E-state index contributed by atoms with van der Waals surface area (Å²) in [6.45, 7) is 3.55. The molecule has 1 amide bonds. The van der Waals surface area contributed by atoms with Crippen molar-refractivity contribution in [2.75, 3.05) is 0 Å². The minimum Gasteiger partial charge on any atom is -0.508 e. The number of rotatable bonds is 3. The van der Waals surface area contributed by atoms with E-state index < -0.39 is 0 Å². The van der Waals surface area contributed by atoms with E-state index in [9.17, 15) is 9.90 Å². The zero-order chi connectivity index (χ0) is 10.6. The van der Waals surface area contributed by atoms with Gasteiger partial charge in [-0.25, -0.2) is 0 Å². The summed E-state index contributed by atoms with van der Waals surface area (Å²) in [6.07, 6.45) is 1.17. The molecule has 0 aromatic heterocycles. The number of nitrogens with one attached hydrogen (secondary N) is 1. The number of hydrogen-bond acceptors (Lipinski definition) is 2. The van der Waals surface area contributed by atoms with Crippen LogP contribution in [0.3, 0.4) is 0 Å². The van der Waals surface area contributed by atoms with Crippen molar-refractivity contribution < 1.29 is 9.90 Å². The van der Waals surface area contributed by atoms with Crippen molar-refractivity contribution in [3.63, 3.8) is 0 Å². The van der Waals surface area contributed by atoms with Gasteiger partial charge in [0, 0.05) is 17.1 Å². The molecule has 1 rings (SSSR count). The first-order valence-corrected chi connectivity index (χ1v) is 4.39. The Hall–Kier alpha value is -1.48. The molecule has 1 aromatic carbocycles. The Morgan fingerprint density at radius 3 is 3.00 bits per heavy atom. The normalized spacial score (nSPS) is 9.50. The Morgan fingerprint density at radius 1 is 1.64 bits per heavy atom. The van der Waals surface area contributed by atoms with Crippen LogP contribution in [0, 0.1) is 0 Å². The van der Waals surface area contributed by atoms with Crippen LogP contribution in [0.5, 0.6) is 5.75 Å². The number of phenols is 1. The summed E-state index contributed by atoms with van der Waals surface area (Å²) < 4.78 is 0.